The topological polar surface area (TPSA) is 84.7 Å². The van der Waals surface area contributed by atoms with Gasteiger partial charge in [0.25, 0.3) is 0 Å². The maximum atomic E-state index is 16.7. The number of pyridine rings is 1. The molecular weight excluding hydrogens is 605 g/mol. The molecule has 2 aromatic carbocycles. The molecule has 0 spiro atoms. The zero-order valence-corrected chi connectivity index (χ0v) is 24.3. The number of benzene rings is 2. The second-order valence-corrected chi connectivity index (χ2v) is 12.8. The Bertz CT molecular complexity index is 1690. The van der Waals surface area contributed by atoms with E-state index in [1.165, 1.54) is 12.1 Å². The highest BCUT2D eigenvalue weighted by Crippen LogP contribution is 2.47. The Morgan fingerprint density at radius 2 is 1.89 bits per heavy atom. The van der Waals surface area contributed by atoms with Crippen molar-refractivity contribution >= 4 is 28.2 Å². The van der Waals surface area contributed by atoms with E-state index in [2.05, 4.69) is 10.2 Å². The van der Waals surface area contributed by atoms with Gasteiger partial charge < -0.3 is 20.1 Å². The van der Waals surface area contributed by atoms with E-state index in [4.69, 9.17) is 21.3 Å². The largest absolute Gasteiger partial charge is 0.508 e. The minimum absolute atomic E-state index is 0.0569. The van der Waals surface area contributed by atoms with Gasteiger partial charge in [-0.15, -0.1) is 0 Å². The van der Waals surface area contributed by atoms with Crippen molar-refractivity contribution in [3.8, 4) is 28.8 Å². The number of fused-ring (bicyclic) bond motifs is 4. The maximum Gasteiger partial charge on any atom is 0.418 e. The summed E-state index contributed by atoms with van der Waals surface area (Å²) < 4.78 is 79.9. The van der Waals surface area contributed by atoms with Crippen molar-refractivity contribution in [1.29, 1.82) is 5.26 Å². The first kappa shape index (κ1) is 29.3. The number of phenols is 1. The van der Waals surface area contributed by atoms with Crippen molar-refractivity contribution in [2.45, 2.75) is 62.1 Å². The second kappa shape index (κ2) is 10.6. The Kier molecular flexibility index (Phi) is 7.06. The quantitative estimate of drug-likeness (QED) is 0.325. The number of alkyl halides is 4. The minimum Gasteiger partial charge on any atom is -0.508 e. The first-order valence-electron chi connectivity index (χ1n) is 14.7. The second-order valence-electron chi connectivity index (χ2n) is 12.4. The lowest BCUT2D eigenvalue weighted by Crippen LogP contribution is -2.51. The number of nitrogens with zero attached hydrogens (tertiary/aromatic N) is 4. The van der Waals surface area contributed by atoms with Crippen LogP contribution in [0.4, 0.5) is 27.8 Å². The van der Waals surface area contributed by atoms with Crippen LogP contribution in [0, 0.1) is 17.1 Å². The monoisotopic (exact) mass is 633 g/mol. The third-order valence-electron chi connectivity index (χ3n) is 9.54. The third-order valence-corrected chi connectivity index (χ3v) is 9.84. The average Bonchev–Trinajstić information content (AvgIpc) is 3.60. The van der Waals surface area contributed by atoms with Gasteiger partial charge >= 0.3 is 6.18 Å². The number of nitriles is 1. The van der Waals surface area contributed by atoms with Gasteiger partial charge in [0.1, 0.15) is 30.2 Å². The molecule has 7 rings (SSSR count). The van der Waals surface area contributed by atoms with E-state index in [-0.39, 0.29) is 40.9 Å². The average molecular weight is 634 g/mol. The molecule has 3 aromatic rings. The Balaban J connectivity index is 1.40. The van der Waals surface area contributed by atoms with Crippen molar-refractivity contribution in [3.63, 3.8) is 0 Å². The number of piperazine rings is 1. The van der Waals surface area contributed by atoms with Crippen LogP contribution < -0.4 is 15.0 Å². The number of phenolic OH excluding ortho intramolecular Hbond substituents is 1. The molecule has 7 nitrogen and oxygen atoms in total. The van der Waals surface area contributed by atoms with Crippen molar-refractivity contribution in [2.75, 3.05) is 37.7 Å². The molecule has 0 radical (unpaired) electrons. The van der Waals surface area contributed by atoms with Crippen LogP contribution in [0.25, 0.3) is 21.9 Å². The zero-order chi connectivity index (χ0) is 31.0. The zero-order valence-electron chi connectivity index (χ0n) is 23.5. The fourth-order valence-electron chi connectivity index (χ4n) is 7.68. The van der Waals surface area contributed by atoms with E-state index in [0.29, 0.717) is 31.9 Å². The van der Waals surface area contributed by atoms with Gasteiger partial charge in [-0.3, -0.25) is 4.90 Å². The molecule has 13 heteroatoms. The SMILES string of the molecule is N#Cc1cc2c(N3CC4CCC(C3)N4)nc(OC[C@@]34CCCN3C[C@H](F)C4)cc2c(F)c1-c1cc(O)cc(Cl)c1C(F)(F)F. The number of halogens is 6. The van der Waals surface area contributed by atoms with E-state index < -0.39 is 51.2 Å². The summed E-state index contributed by atoms with van der Waals surface area (Å²) in [5.41, 5.74) is -3.61. The van der Waals surface area contributed by atoms with E-state index >= 15 is 4.39 Å². The molecule has 0 saturated carbocycles. The Hall–Kier alpha value is -3.40. The molecule has 1 aromatic heterocycles. The van der Waals surface area contributed by atoms with Gasteiger partial charge in [0.2, 0.25) is 5.88 Å². The van der Waals surface area contributed by atoms with Crippen molar-refractivity contribution in [3.05, 3.63) is 46.2 Å². The van der Waals surface area contributed by atoms with Crippen molar-refractivity contribution < 1.29 is 31.8 Å². The summed E-state index contributed by atoms with van der Waals surface area (Å²) in [6.45, 7) is 2.34. The summed E-state index contributed by atoms with van der Waals surface area (Å²) in [4.78, 5) is 8.84. The maximum absolute atomic E-state index is 16.7. The summed E-state index contributed by atoms with van der Waals surface area (Å²) in [6, 6.07) is 6.36. The number of hydrogen-bond acceptors (Lipinski definition) is 7. The molecule has 232 valence electrons. The lowest BCUT2D eigenvalue weighted by atomic mass is 9.91. The number of rotatable bonds is 5. The van der Waals surface area contributed by atoms with Crippen LogP contribution in [-0.4, -0.2) is 71.6 Å². The predicted octanol–water partition coefficient (Wildman–Crippen LogP) is 6.19. The normalized spacial score (nSPS) is 26.8. The summed E-state index contributed by atoms with van der Waals surface area (Å²) >= 11 is 5.92. The van der Waals surface area contributed by atoms with Gasteiger partial charge in [0.15, 0.2) is 0 Å². The third kappa shape index (κ3) is 4.89. The van der Waals surface area contributed by atoms with Crippen LogP contribution in [0.3, 0.4) is 0 Å². The van der Waals surface area contributed by atoms with Gasteiger partial charge in [-0.05, 0) is 50.4 Å². The van der Waals surface area contributed by atoms with Crippen LogP contribution in [0.2, 0.25) is 5.02 Å². The standard InChI is InChI=1S/C31H29ClF5N5O2/c32-24-8-20(43)7-23(27(24)31(35,36)37)26-16(11-38)6-22-21(28(26)34)9-25(40-29(22)41-13-18-2-3-19(14-41)39-18)44-15-30-4-1-5-42(30)12-17(33)10-30/h6-9,17-19,39,43H,1-5,10,12-15H2/t17-,18?,19?,30+/m1/s1. The van der Waals surface area contributed by atoms with Gasteiger partial charge in [-0.25, -0.2) is 8.78 Å². The molecule has 4 aliphatic rings. The fraction of sp³-hybridized carbons (Fsp3) is 0.484. The van der Waals surface area contributed by atoms with Gasteiger partial charge in [0.05, 0.1) is 27.8 Å². The molecule has 0 amide bonds. The molecule has 5 heterocycles. The Labute approximate surface area is 255 Å². The van der Waals surface area contributed by atoms with Crippen LogP contribution in [-0.2, 0) is 6.18 Å². The molecule has 44 heavy (non-hydrogen) atoms. The van der Waals surface area contributed by atoms with E-state index in [0.717, 1.165) is 44.4 Å². The van der Waals surface area contributed by atoms with Crippen molar-refractivity contribution in [2.24, 2.45) is 0 Å². The predicted molar refractivity (Wildman–Crippen MR) is 154 cm³/mol. The summed E-state index contributed by atoms with van der Waals surface area (Å²) in [6.07, 6.45) is -2.10. The summed E-state index contributed by atoms with van der Waals surface area (Å²) in [7, 11) is 0. The van der Waals surface area contributed by atoms with E-state index in [9.17, 15) is 27.9 Å². The first-order valence-corrected chi connectivity index (χ1v) is 15.0. The summed E-state index contributed by atoms with van der Waals surface area (Å²) in [5, 5.41) is 23.1. The molecule has 4 aliphatic heterocycles. The lowest BCUT2D eigenvalue weighted by Gasteiger charge is -2.35. The Morgan fingerprint density at radius 1 is 1.14 bits per heavy atom. The fourth-order valence-corrected chi connectivity index (χ4v) is 8.00. The number of aromatic nitrogens is 1. The van der Waals surface area contributed by atoms with Gasteiger partial charge in [-0.1, -0.05) is 11.6 Å². The number of nitrogens with one attached hydrogen (secondary N) is 1. The first-order chi connectivity index (χ1) is 21.0. The molecule has 4 atom stereocenters. The molecule has 2 bridgehead atoms. The lowest BCUT2D eigenvalue weighted by molar-refractivity contribution is -0.137. The number of hydrogen-bond donors (Lipinski definition) is 2. The highest BCUT2D eigenvalue weighted by Gasteiger charge is 2.49. The van der Waals surface area contributed by atoms with Crippen LogP contribution in [0.5, 0.6) is 11.6 Å². The van der Waals surface area contributed by atoms with Crippen LogP contribution >= 0.6 is 11.6 Å². The van der Waals surface area contributed by atoms with E-state index in [1.807, 2.05) is 11.0 Å². The molecule has 2 unspecified atom stereocenters. The number of aromatic hydroxyl groups is 1. The van der Waals surface area contributed by atoms with Gasteiger partial charge in [-0.2, -0.15) is 23.4 Å². The number of ether oxygens (including phenoxy) is 1. The Morgan fingerprint density at radius 3 is 2.59 bits per heavy atom. The van der Waals surface area contributed by atoms with E-state index in [1.54, 1.807) is 0 Å². The minimum atomic E-state index is -5.01. The molecule has 2 N–H and O–H groups in total. The van der Waals surface area contributed by atoms with Crippen LogP contribution in [0.15, 0.2) is 24.3 Å². The molecule has 4 fully saturated rings. The molecule has 0 aliphatic carbocycles. The van der Waals surface area contributed by atoms with Crippen molar-refractivity contribution in [1.82, 2.24) is 15.2 Å². The number of anilines is 1. The summed E-state index contributed by atoms with van der Waals surface area (Å²) in [5.74, 6) is -1.29. The van der Waals surface area contributed by atoms with Gasteiger partial charge in [0, 0.05) is 66.1 Å². The molecule has 4 saturated heterocycles. The smallest absolute Gasteiger partial charge is 0.418 e. The highest BCUT2D eigenvalue weighted by atomic mass is 35.5. The van der Waals surface area contributed by atoms with Crippen LogP contribution in [0.1, 0.15) is 43.2 Å². The highest BCUT2D eigenvalue weighted by molar-refractivity contribution is 6.32. The molecular formula is C31H29ClF5N5O2.